The van der Waals surface area contributed by atoms with E-state index in [2.05, 4.69) is 10.6 Å². The summed E-state index contributed by atoms with van der Waals surface area (Å²) in [5.41, 5.74) is 1.70. The van der Waals surface area contributed by atoms with E-state index in [0.29, 0.717) is 11.4 Å². The number of amides is 2. The van der Waals surface area contributed by atoms with E-state index in [4.69, 9.17) is 9.15 Å². The van der Waals surface area contributed by atoms with Gasteiger partial charge in [0.25, 0.3) is 11.9 Å². The summed E-state index contributed by atoms with van der Waals surface area (Å²) in [6.07, 6.45) is 0. The van der Waals surface area contributed by atoms with Crippen LogP contribution in [0.4, 0.5) is 11.4 Å². The van der Waals surface area contributed by atoms with Gasteiger partial charge in [0.2, 0.25) is 5.91 Å². The summed E-state index contributed by atoms with van der Waals surface area (Å²) in [5.74, 6) is 0.000398. The van der Waals surface area contributed by atoms with E-state index < -0.39 is 5.41 Å². The van der Waals surface area contributed by atoms with E-state index >= 15 is 0 Å². The maximum Gasteiger partial charge on any atom is 0.291 e. The van der Waals surface area contributed by atoms with E-state index in [9.17, 15) is 9.59 Å². The number of benzene rings is 1. The lowest BCUT2D eigenvalue weighted by Crippen LogP contribution is -2.27. The van der Waals surface area contributed by atoms with Crippen molar-refractivity contribution in [1.29, 1.82) is 0 Å². The number of ether oxygens (including phenoxy) is 1. The highest BCUT2D eigenvalue weighted by molar-refractivity contribution is 6.02. The number of aryl methyl sites for hydroxylation is 1. The highest BCUT2D eigenvalue weighted by Gasteiger charge is 2.21. The number of carbonyl (C=O) groups is 2. The summed E-state index contributed by atoms with van der Waals surface area (Å²) < 4.78 is 10.1. The van der Waals surface area contributed by atoms with Crippen molar-refractivity contribution in [1.82, 2.24) is 0 Å². The van der Waals surface area contributed by atoms with Gasteiger partial charge in [-0.15, -0.1) is 0 Å². The molecule has 2 N–H and O–H groups in total. The Morgan fingerprint density at radius 2 is 1.79 bits per heavy atom. The maximum atomic E-state index is 12.1. The van der Waals surface area contributed by atoms with Gasteiger partial charge in [0.1, 0.15) is 0 Å². The van der Waals surface area contributed by atoms with Crippen LogP contribution in [0.25, 0.3) is 0 Å². The van der Waals surface area contributed by atoms with Crippen LogP contribution in [0, 0.1) is 12.3 Å². The highest BCUT2D eigenvalue weighted by atomic mass is 16.6. The molecule has 0 saturated carbocycles. The molecule has 0 aliphatic heterocycles. The fourth-order valence-electron chi connectivity index (χ4n) is 1.94. The lowest BCUT2D eigenvalue weighted by Gasteiger charge is -2.19. The van der Waals surface area contributed by atoms with Gasteiger partial charge in [-0.2, -0.15) is 0 Å². The first-order valence-electron chi connectivity index (χ1n) is 7.58. The first kappa shape index (κ1) is 17.6. The molecule has 0 atom stereocenters. The van der Waals surface area contributed by atoms with Crippen LogP contribution in [0.2, 0.25) is 0 Å². The molecule has 24 heavy (non-hydrogen) atoms. The molecule has 1 aromatic carbocycles. The third kappa shape index (κ3) is 4.16. The highest BCUT2D eigenvalue weighted by Crippen LogP contribution is 2.24. The lowest BCUT2D eigenvalue weighted by molar-refractivity contribution is -0.123. The van der Waals surface area contributed by atoms with E-state index in [0.717, 1.165) is 5.56 Å². The number of carbonyl (C=O) groups excluding carboxylic acids is 2. The van der Waals surface area contributed by atoms with Gasteiger partial charge in [-0.3, -0.25) is 9.59 Å². The van der Waals surface area contributed by atoms with Crippen LogP contribution in [0.3, 0.4) is 0 Å². The summed E-state index contributed by atoms with van der Waals surface area (Å²) in [6, 6.07) is 8.39. The van der Waals surface area contributed by atoms with Crippen molar-refractivity contribution in [3.05, 3.63) is 41.7 Å². The van der Waals surface area contributed by atoms with E-state index in [1.165, 1.54) is 7.11 Å². The third-order valence-electron chi connectivity index (χ3n) is 3.42. The molecule has 2 rings (SSSR count). The second kappa shape index (κ2) is 6.78. The van der Waals surface area contributed by atoms with E-state index in [-0.39, 0.29) is 23.5 Å². The molecule has 0 radical (unpaired) electrons. The number of hydrogen-bond donors (Lipinski definition) is 2. The van der Waals surface area contributed by atoms with Crippen LogP contribution in [0.5, 0.6) is 5.95 Å². The van der Waals surface area contributed by atoms with Crippen molar-refractivity contribution in [3.63, 3.8) is 0 Å². The molecular weight excluding hydrogens is 308 g/mol. The second-order valence-corrected chi connectivity index (χ2v) is 6.51. The summed E-state index contributed by atoms with van der Waals surface area (Å²) in [7, 11) is 1.47. The monoisotopic (exact) mass is 330 g/mol. The molecule has 6 heteroatoms. The molecule has 0 spiro atoms. The molecule has 1 aromatic heterocycles. The Bertz CT molecular complexity index is 757. The summed E-state index contributed by atoms with van der Waals surface area (Å²) in [4.78, 5) is 24.2. The fourth-order valence-corrected chi connectivity index (χ4v) is 1.94. The number of furan rings is 1. The van der Waals surface area contributed by atoms with Crippen LogP contribution in [0.1, 0.15) is 36.9 Å². The van der Waals surface area contributed by atoms with Crippen LogP contribution < -0.4 is 15.4 Å². The predicted octanol–water partition coefficient (Wildman–Crippen LogP) is 3.83. The molecule has 128 valence electrons. The van der Waals surface area contributed by atoms with Crippen molar-refractivity contribution in [2.45, 2.75) is 27.7 Å². The van der Waals surface area contributed by atoms with Gasteiger partial charge in [-0.05, 0) is 36.8 Å². The molecule has 0 bridgehead atoms. The number of anilines is 2. The predicted molar refractivity (Wildman–Crippen MR) is 92.5 cm³/mol. The summed E-state index contributed by atoms with van der Waals surface area (Å²) >= 11 is 0. The number of rotatable bonds is 4. The number of nitrogens with one attached hydrogen (secondary N) is 2. The molecule has 0 saturated heterocycles. The van der Waals surface area contributed by atoms with Gasteiger partial charge < -0.3 is 19.8 Å². The number of methoxy groups -OCH3 is 1. The summed E-state index contributed by atoms with van der Waals surface area (Å²) in [5, 5.41) is 5.63. The molecule has 0 aliphatic carbocycles. The van der Waals surface area contributed by atoms with Gasteiger partial charge in [0.15, 0.2) is 5.76 Å². The normalized spacial score (nSPS) is 11.0. The lowest BCUT2D eigenvalue weighted by atomic mass is 9.95. The third-order valence-corrected chi connectivity index (χ3v) is 3.42. The molecule has 0 aliphatic rings. The summed E-state index contributed by atoms with van der Waals surface area (Å²) in [6.45, 7) is 7.42. The Morgan fingerprint density at radius 1 is 1.08 bits per heavy atom. The minimum absolute atomic E-state index is 0.0648. The zero-order valence-corrected chi connectivity index (χ0v) is 14.5. The molecule has 0 fully saturated rings. The smallest absolute Gasteiger partial charge is 0.291 e. The Hall–Kier alpha value is -2.76. The van der Waals surface area contributed by atoms with E-state index in [1.807, 2.05) is 27.7 Å². The minimum atomic E-state index is -0.475. The van der Waals surface area contributed by atoms with E-state index in [1.54, 1.807) is 30.3 Å². The zero-order valence-electron chi connectivity index (χ0n) is 14.5. The average Bonchev–Trinajstić information content (AvgIpc) is 2.98. The molecule has 2 amide bonds. The first-order chi connectivity index (χ1) is 11.2. The zero-order chi connectivity index (χ0) is 17.9. The maximum absolute atomic E-state index is 12.1. The van der Waals surface area contributed by atoms with Crippen molar-refractivity contribution in [2.75, 3.05) is 17.7 Å². The van der Waals surface area contributed by atoms with Crippen LogP contribution in [0.15, 0.2) is 34.7 Å². The van der Waals surface area contributed by atoms with Gasteiger partial charge >= 0.3 is 0 Å². The Morgan fingerprint density at radius 3 is 2.33 bits per heavy atom. The van der Waals surface area contributed by atoms with Crippen molar-refractivity contribution in [2.24, 2.45) is 5.41 Å². The number of hydrogen-bond acceptors (Lipinski definition) is 4. The molecule has 0 unspecified atom stereocenters. The standard InChI is InChI=1S/C18H22N2O4/c1-11-10-12(6-7-13(11)20-17(22)18(2,3)4)19-16(21)14-8-9-15(23-5)24-14/h6-10H,1-5H3,(H,19,21)(H,20,22). The SMILES string of the molecule is COc1ccc(C(=O)Nc2ccc(NC(=O)C(C)(C)C)c(C)c2)o1. The molecule has 1 heterocycles. The minimum Gasteiger partial charge on any atom is -0.468 e. The van der Waals surface area contributed by atoms with Gasteiger partial charge in [-0.25, -0.2) is 0 Å². The topological polar surface area (TPSA) is 80.6 Å². The van der Waals surface area contributed by atoms with Crippen molar-refractivity contribution < 1.29 is 18.7 Å². The average molecular weight is 330 g/mol. The Balaban J connectivity index is 2.09. The fraction of sp³-hybridized carbons (Fsp3) is 0.333. The Labute approximate surface area is 141 Å². The largest absolute Gasteiger partial charge is 0.468 e. The molecule has 6 nitrogen and oxygen atoms in total. The second-order valence-electron chi connectivity index (χ2n) is 6.51. The van der Waals surface area contributed by atoms with Gasteiger partial charge in [0.05, 0.1) is 7.11 Å². The first-order valence-corrected chi connectivity index (χ1v) is 7.58. The van der Waals surface area contributed by atoms with Crippen LogP contribution in [-0.2, 0) is 4.79 Å². The van der Waals surface area contributed by atoms with Crippen molar-refractivity contribution >= 4 is 23.2 Å². The van der Waals surface area contributed by atoms with Gasteiger partial charge in [0, 0.05) is 22.9 Å². The quantitative estimate of drug-likeness (QED) is 0.892. The van der Waals surface area contributed by atoms with Crippen LogP contribution in [-0.4, -0.2) is 18.9 Å². The van der Waals surface area contributed by atoms with Gasteiger partial charge in [-0.1, -0.05) is 20.8 Å². The molecular formula is C18H22N2O4. The molecule has 2 aromatic rings. The van der Waals surface area contributed by atoms with Crippen molar-refractivity contribution in [3.8, 4) is 5.95 Å². The van der Waals surface area contributed by atoms with Crippen LogP contribution >= 0.6 is 0 Å². The Kier molecular flexibility index (Phi) is 4.97.